The van der Waals surface area contributed by atoms with Crippen LogP contribution in [-0.2, 0) is 9.84 Å². The SMILES string of the molecule is C[C@H]1C[C@@H](CO)C[C@@]1(CN)S(C)(=O)=O. The van der Waals surface area contributed by atoms with Gasteiger partial charge in [0.2, 0.25) is 0 Å². The van der Waals surface area contributed by atoms with Crippen LogP contribution in [0.1, 0.15) is 19.8 Å². The monoisotopic (exact) mass is 221 g/mol. The highest BCUT2D eigenvalue weighted by Crippen LogP contribution is 2.43. The predicted molar refractivity (Wildman–Crippen MR) is 55.6 cm³/mol. The van der Waals surface area contributed by atoms with Crippen LogP contribution in [0.15, 0.2) is 0 Å². The molecule has 1 rings (SSSR count). The van der Waals surface area contributed by atoms with E-state index in [2.05, 4.69) is 0 Å². The zero-order valence-corrected chi connectivity index (χ0v) is 9.55. The van der Waals surface area contributed by atoms with Crippen molar-refractivity contribution in [2.75, 3.05) is 19.4 Å². The van der Waals surface area contributed by atoms with Crippen LogP contribution in [0.4, 0.5) is 0 Å². The quantitative estimate of drug-likeness (QED) is 0.689. The van der Waals surface area contributed by atoms with Crippen molar-refractivity contribution in [1.29, 1.82) is 0 Å². The molecule has 3 atom stereocenters. The molecule has 0 aromatic carbocycles. The number of rotatable bonds is 3. The van der Waals surface area contributed by atoms with Crippen LogP contribution in [-0.4, -0.2) is 37.7 Å². The largest absolute Gasteiger partial charge is 0.396 e. The first-order chi connectivity index (χ1) is 6.37. The molecule has 0 spiro atoms. The van der Waals surface area contributed by atoms with Crippen molar-refractivity contribution in [2.24, 2.45) is 17.6 Å². The molecule has 0 heterocycles. The minimum absolute atomic E-state index is 0.0413. The van der Waals surface area contributed by atoms with Crippen molar-refractivity contribution in [3.8, 4) is 0 Å². The van der Waals surface area contributed by atoms with E-state index in [1.54, 1.807) is 0 Å². The molecule has 1 aliphatic carbocycles. The van der Waals surface area contributed by atoms with Crippen molar-refractivity contribution < 1.29 is 13.5 Å². The van der Waals surface area contributed by atoms with Crippen molar-refractivity contribution in [3.63, 3.8) is 0 Å². The average Bonchev–Trinajstić information content (AvgIpc) is 2.42. The summed E-state index contributed by atoms with van der Waals surface area (Å²) >= 11 is 0. The smallest absolute Gasteiger partial charge is 0.154 e. The average molecular weight is 221 g/mol. The number of aliphatic hydroxyl groups excluding tert-OH is 1. The maximum absolute atomic E-state index is 11.7. The summed E-state index contributed by atoms with van der Waals surface area (Å²) < 4.78 is 22.6. The summed E-state index contributed by atoms with van der Waals surface area (Å²) in [4.78, 5) is 0. The number of aliphatic hydroxyl groups is 1. The molecule has 0 aromatic rings. The Kier molecular flexibility index (Phi) is 3.23. The van der Waals surface area contributed by atoms with Crippen LogP contribution < -0.4 is 5.73 Å². The Morgan fingerprint density at radius 2 is 2.14 bits per heavy atom. The minimum atomic E-state index is -3.14. The third kappa shape index (κ3) is 1.68. The van der Waals surface area contributed by atoms with E-state index in [4.69, 9.17) is 10.8 Å². The topological polar surface area (TPSA) is 80.4 Å². The summed E-state index contributed by atoms with van der Waals surface area (Å²) in [5.41, 5.74) is 5.60. The maximum atomic E-state index is 11.7. The van der Waals surface area contributed by atoms with Gasteiger partial charge in [0.15, 0.2) is 9.84 Å². The summed E-state index contributed by atoms with van der Waals surface area (Å²) in [6.45, 7) is 2.12. The third-order valence-corrected chi connectivity index (χ3v) is 5.77. The van der Waals surface area contributed by atoms with Crippen molar-refractivity contribution in [2.45, 2.75) is 24.5 Å². The van der Waals surface area contributed by atoms with E-state index in [0.29, 0.717) is 6.42 Å². The van der Waals surface area contributed by atoms with Gasteiger partial charge < -0.3 is 10.8 Å². The van der Waals surface area contributed by atoms with E-state index < -0.39 is 14.6 Å². The Morgan fingerprint density at radius 3 is 2.36 bits per heavy atom. The maximum Gasteiger partial charge on any atom is 0.154 e. The van der Waals surface area contributed by atoms with E-state index in [1.807, 2.05) is 6.92 Å². The molecule has 14 heavy (non-hydrogen) atoms. The molecule has 0 radical (unpaired) electrons. The predicted octanol–water partition coefficient (Wildman–Crippen LogP) is -0.233. The normalized spacial score (nSPS) is 38.9. The molecular weight excluding hydrogens is 202 g/mol. The van der Waals surface area contributed by atoms with Crippen LogP contribution in [0.2, 0.25) is 0 Å². The molecule has 5 heteroatoms. The second-order valence-electron chi connectivity index (χ2n) is 4.43. The van der Waals surface area contributed by atoms with Gasteiger partial charge in [-0.1, -0.05) is 6.92 Å². The van der Waals surface area contributed by atoms with Crippen LogP contribution in [0, 0.1) is 11.8 Å². The Morgan fingerprint density at radius 1 is 1.57 bits per heavy atom. The minimum Gasteiger partial charge on any atom is -0.396 e. The standard InChI is InChI=1S/C9H19NO3S/c1-7-3-8(5-11)4-9(7,6-10)14(2,12)13/h7-8,11H,3-6,10H2,1-2H3/t7-,8+,9-/m0/s1. The lowest BCUT2D eigenvalue weighted by molar-refractivity contribution is 0.226. The van der Waals surface area contributed by atoms with Crippen LogP contribution in [0.5, 0.6) is 0 Å². The Bertz CT molecular complexity index is 301. The van der Waals surface area contributed by atoms with Gasteiger partial charge in [-0.05, 0) is 24.7 Å². The summed E-state index contributed by atoms with van der Waals surface area (Å²) in [6, 6.07) is 0. The van der Waals surface area contributed by atoms with Crippen molar-refractivity contribution in [3.05, 3.63) is 0 Å². The summed E-state index contributed by atoms with van der Waals surface area (Å²) in [5.74, 6) is 0.128. The third-order valence-electron chi connectivity index (χ3n) is 3.56. The van der Waals surface area contributed by atoms with Gasteiger partial charge in [-0.3, -0.25) is 0 Å². The Balaban J connectivity index is 3.03. The molecule has 1 saturated carbocycles. The van der Waals surface area contributed by atoms with E-state index >= 15 is 0 Å². The molecule has 0 aromatic heterocycles. The van der Waals surface area contributed by atoms with Crippen molar-refractivity contribution in [1.82, 2.24) is 0 Å². The number of hydrogen-bond acceptors (Lipinski definition) is 4. The number of hydrogen-bond donors (Lipinski definition) is 2. The molecule has 0 amide bonds. The molecule has 84 valence electrons. The summed E-state index contributed by atoms with van der Waals surface area (Å²) in [6.07, 6.45) is 2.50. The van der Waals surface area contributed by atoms with Crippen LogP contribution in [0.3, 0.4) is 0 Å². The second kappa shape index (κ2) is 3.79. The van der Waals surface area contributed by atoms with E-state index in [-0.39, 0.29) is 25.0 Å². The van der Waals surface area contributed by atoms with Gasteiger partial charge in [-0.15, -0.1) is 0 Å². The number of sulfone groups is 1. The zero-order chi connectivity index (χ0) is 11.0. The Labute approximate surface area is 85.4 Å². The molecule has 4 nitrogen and oxygen atoms in total. The molecule has 3 N–H and O–H groups in total. The second-order valence-corrected chi connectivity index (χ2v) is 6.79. The molecular formula is C9H19NO3S. The first-order valence-corrected chi connectivity index (χ1v) is 6.77. The molecule has 0 saturated heterocycles. The fourth-order valence-electron chi connectivity index (χ4n) is 2.58. The fraction of sp³-hybridized carbons (Fsp3) is 1.00. The lowest BCUT2D eigenvalue weighted by Crippen LogP contribution is -2.47. The molecule has 0 aliphatic heterocycles. The fourth-order valence-corrected chi connectivity index (χ4v) is 4.25. The molecule has 0 bridgehead atoms. The summed E-state index contributed by atoms with van der Waals surface area (Å²) in [7, 11) is -3.14. The van der Waals surface area contributed by atoms with E-state index in [0.717, 1.165) is 6.42 Å². The van der Waals surface area contributed by atoms with Crippen LogP contribution >= 0.6 is 0 Å². The number of nitrogens with two attached hydrogens (primary N) is 1. The zero-order valence-electron chi connectivity index (χ0n) is 8.73. The van der Waals surface area contributed by atoms with Gasteiger partial charge in [-0.2, -0.15) is 0 Å². The van der Waals surface area contributed by atoms with Crippen molar-refractivity contribution >= 4 is 9.84 Å². The summed E-state index contributed by atoms with van der Waals surface area (Å²) in [5, 5.41) is 9.04. The van der Waals surface area contributed by atoms with Gasteiger partial charge >= 0.3 is 0 Å². The lowest BCUT2D eigenvalue weighted by atomic mass is 9.97. The first-order valence-electron chi connectivity index (χ1n) is 4.88. The van der Waals surface area contributed by atoms with Crippen LogP contribution in [0.25, 0.3) is 0 Å². The molecule has 1 fully saturated rings. The van der Waals surface area contributed by atoms with Gasteiger partial charge in [0.25, 0.3) is 0 Å². The Hall–Kier alpha value is -0.130. The lowest BCUT2D eigenvalue weighted by Gasteiger charge is -2.30. The van der Waals surface area contributed by atoms with Gasteiger partial charge in [0.1, 0.15) is 0 Å². The van der Waals surface area contributed by atoms with Gasteiger partial charge in [-0.25, -0.2) is 8.42 Å². The first kappa shape index (κ1) is 11.9. The van der Waals surface area contributed by atoms with Gasteiger partial charge in [0, 0.05) is 19.4 Å². The van der Waals surface area contributed by atoms with E-state index in [1.165, 1.54) is 6.26 Å². The highest BCUT2D eigenvalue weighted by Gasteiger charge is 2.50. The molecule has 0 unspecified atom stereocenters. The van der Waals surface area contributed by atoms with Gasteiger partial charge in [0.05, 0.1) is 4.75 Å². The highest BCUT2D eigenvalue weighted by atomic mass is 32.2. The molecule has 1 aliphatic rings. The highest BCUT2D eigenvalue weighted by molar-refractivity contribution is 7.92. The van der Waals surface area contributed by atoms with E-state index in [9.17, 15) is 8.42 Å².